The summed E-state index contributed by atoms with van der Waals surface area (Å²) in [5, 5.41) is 0. The van der Waals surface area contributed by atoms with E-state index in [1.807, 2.05) is 13.0 Å². The van der Waals surface area contributed by atoms with Crippen LogP contribution in [0.15, 0.2) is 16.6 Å². The van der Waals surface area contributed by atoms with Crippen LogP contribution in [-0.4, -0.2) is 0 Å². The van der Waals surface area contributed by atoms with Gasteiger partial charge in [-0.2, -0.15) is 0 Å². The lowest BCUT2D eigenvalue weighted by atomic mass is 10.1. The first-order valence-corrected chi connectivity index (χ1v) is 4.89. The van der Waals surface area contributed by atoms with Gasteiger partial charge < -0.3 is 0 Å². The molecule has 0 fully saturated rings. The summed E-state index contributed by atoms with van der Waals surface area (Å²) >= 11 is 3.19. The quantitative estimate of drug-likeness (QED) is 0.725. The van der Waals surface area contributed by atoms with E-state index in [2.05, 4.69) is 22.9 Å². The number of rotatable bonds is 2. The Morgan fingerprint density at radius 3 is 2.58 bits per heavy atom. The van der Waals surface area contributed by atoms with E-state index in [9.17, 15) is 4.39 Å². The maximum Gasteiger partial charge on any atom is 0.137 e. The van der Waals surface area contributed by atoms with Crippen molar-refractivity contribution in [2.75, 3.05) is 0 Å². The second-order valence-corrected chi connectivity index (χ2v) is 3.75. The predicted octanol–water partition coefficient (Wildman–Crippen LogP) is 3.85. The van der Waals surface area contributed by atoms with Crippen LogP contribution in [0.4, 0.5) is 4.39 Å². The monoisotopic (exact) mass is 230 g/mol. The van der Waals surface area contributed by atoms with Crippen LogP contribution in [0.5, 0.6) is 0 Å². The minimum atomic E-state index is -0.154. The van der Waals surface area contributed by atoms with Crippen LogP contribution in [0.2, 0.25) is 0 Å². The van der Waals surface area contributed by atoms with E-state index >= 15 is 0 Å². The van der Waals surface area contributed by atoms with E-state index < -0.39 is 0 Å². The van der Waals surface area contributed by atoms with Gasteiger partial charge in [0.05, 0.1) is 4.47 Å². The fraction of sp³-hybridized carbons (Fsp3) is 0.400. The molecule has 0 radical (unpaired) electrons. The zero-order valence-corrected chi connectivity index (χ0v) is 8.91. The van der Waals surface area contributed by atoms with Crippen molar-refractivity contribution < 1.29 is 4.39 Å². The average molecular weight is 231 g/mol. The summed E-state index contributed by atoms with van der Waals surface area (Å²) in [6.07, 6.45) is 2.01. The second kappa shape index (κ2) is 4.04. The van der Waals surface area contributed by atoms with Gasteiger partial charge in [-0.05, 0) is 46.5 Å². The van der Waals surface area contributed by atoms with Gasteiger partial charge in [-0.25, -0.2) is 4.39 Å². The lowest BCUT2D eigenvalue weighted by molar-refractivity contribution is 0.616. The molecule has 0 amide bonds. The molecule has 2 heteroatoms. The molecule has 0 N–H and O–H groups in total. The van der Waals surface area contributed by atoms with Gasteiger partial charge in [-0.1, -0.05) is 19.4 Å². The number of hydrogen-bond acceptors (Lipinski definition) is 0. The van der Waals surface area contributed by atoms with Crippen LogP contribution < -0.4 is 0 Å². The van der Waals surface area contributed by atoms with Crippen molar-refractivity contribution >= 4 is 15.9 Å². The molecule has 0 unspecified atom stereocenters. The van der Waals surface area contributed by atoms with Crippen LogP contribution in [0.25, 0.3) is 0 Å². The van der Waals surface area contributed by atoms with Gasteiger partial charge in [0.15, 0.2) is 0 Å². The molecule has 0 atom stereocenters. The van der Waals surface area contributed by atoms with Crippen LogP contribution in [0.1, 0.15) is 24.5 Å². The molecular formula is C10H12BrF. The standard InChI is InChI=1S/C10H12BrF/c1-3-4-8-5-7(2)10(11)9(12)6-8/h5-6H,3-4H2,1-2H3. The van der Waals surface area contributed by atoms with Crippen LogP contribution in [0, 0.1) is 12.7 Å². The highest BCUT2D eigenvalue weighted by atomic mass is 79.9. The molecular weight excluding hydrogens is 219 g/mol. The topological polar surface area (TPSA) is 0 Å². The SMILES string of the molecule is CCCc1cc(C)c(Br)c(F)c1. The molecule has 0 aliphatic heterocycles. The Morgan fingerprint density at radius 2 is 2.08 bits per heavy atom. The van der Waals surface area contributed by atoms with Crippen molar-refractivity contribution in [2.24, 2.45) is 0 Å². The fourth-order valence-corrected chi connectivity index (χ4v) is 1.46. The first-order chi connectivity index (χ1) is 5.65. The Labute approximate surface area is 80.9 Å². The number of aryl methyl sites for hydroxylation is 2. The summed E-state index contributed by atoms with van der Waals surface area (Å²) in [6, 6.07) is 3.62. The van der Waals surface area contributed by atoms with Gasteiger partial charge >= 0.3 is 0 Å². The number of hydrogen-bond donors (Lipinski definition) is 0. The third-order valence-electron chi connectivity index (χ3n) is 1.81. The molecule has 0 spiro atoms. The van der Waals surface area contributed by atoms with Gasteiger partial charge in [0, 0.05) is 0 Å². The zero-order valence-electron chi connectivity index (χ0n) is 7.32. The van der Waals surface area contributed by atoms with Gasteiger partial charge in [0.1, 0.15) is 5.82 Å². The van der Waals surface area contributed by atoms with Crippen LogP contribution in [-0.2, 0) is 6.42 Å². The van der Waals surface area contributed by atoms with Crippen molar-refractivity contribution in [1.29, 1.82) is 0 Å². The highest BCUT2D eigenvalue weighted by Crippen LogP contribution is 2.22. The summed E-state index contributed by atoms with van der Waals surface area (Å²) in [4.78, 5) is 0. The Kier molecular flexibility index (Phi) is 3.27. The van der Waals surface area contributed by atoms with Gasteiger partial charge in [0.25, 0.3) is 0 Å². The van der Waals surface area contributed by atoms with Crippen LogP contribution >= 0.6 is 15.9 Å². The third-order valence-corrected chi connectivity index (χ3v) is 2.81. The Hall–Kier alpha value is -0.370. The molecule has 0 nitrogen and oxygen atoms in total. The molecule has 12 heavy (non-hydrogen) atoms. The van der Waals surface area contributed by atoms with E-state index in [-0.39, 0.29) is 5.82 Å². The van der Waals surface area contributed by atoms with Crippen molar-refractivity contribution in [2.45, 2.75) is 26.7 Å². The predicted molar refractivity (Wildman–Crippen MR) is 52.8 cm³/mol. The molecule has 66 valence electrons. The minimum absolute atomic E-state index is 0.154. The van der Waals surface area contributed by atoms with E-state index in [1.165, 1.54) is 0 Å². The first kappa shape index (κ1) is 9.72. The van der Waals surface area contributed by atoms with Gasteiger partial charge in [-0.3, -0.25) is 0 Å². The van der Waals surface area contributed by atoms with Crippen LogP contribution in [0.3, 0.4) is 0 Å². The molecule has 0 saturated heterocycles. The summed E-state index contributed by atoms with van der Waals surface area (Å²) < 4.78 is 13.7. The smallest absolute Gasteiger partial charge is 0.137 e. The molecule has 0 aliphatic rings. The zero-order chi connectivity index (χ0) is 9.14. The highest BCUT2D eigenvalue weighted by Gasteiger charge is 2.03. The first-order valence-electron chi connectivity index (χ1n) is 4.09. The normalized spacial score (nSPS) is 10.3. The van der Waals surface area contributed by atoms with Crippen molar-refractivity contribution in [3.8, 4) is 0 Å². The van der Waals surface area contributed by atoms with Crippen molar-refractivity contribution in [3.05, 3.63) is 33.5 Å². The lowest BCUT2D eigenvalue weighted by Crippen LogP contribution is -1.89. The Balaban J connectivity index is 3.04. The van der Waals surface area contributed by atoms with E-state index in [1.54, 1.807) is 6.07 Å². The maximum atomic E-state index is 13.1. The molecule has 0 aliphatic carbocycles. The lowest BCUT2D eigenvalue weighted by Gasteiger charge is -2.03. The average Bonchev–Trinajstić information content (AvgIpc) is 2.01. The molecule has 1 rings (SSSR count). The molecule has 0 bridgehead atoms. The summed E-state index contributed by atoms with van der Waals surface area (Å²) in [5.74, 6) is -0.154. The van der Waals surface area contributed by atoms with E-state index in [4.69, 9.17) is 0 Å². The number of benzene rings is 1. The molecule has 1 aromatic rings. The summed E-state index contributed by atoms with van der Waals surface area (Å²) in [7, 11) is 0. The van der Waals surface area contributed by atoms with Gasteiger partial charge in [0.2, 0.25) is 0 Å². The Morgan fingerprint density at radius 1 is 1.42 bits per heavy atom. The molecule has 0 aromatic heterocycles. The Bertz CT molecular complexity index is 258. The largest absolute Gasteiger partial charge is 0.206 e. The molecule has 0 saturated carbocycles. The summed E-state index contributed by atoms with van der Waals surface area (Å²) in [5.41, 5.74) is 2.05. The van der Waals surface area contributed by atoms with Crippen molar-refractivity contribution in [3.63, 3.8) is 0 Å². The molecule has 1 aromatic carbocycles. The third kappa shape index (κ3) is 2.07. The number of halogens is 2. The van der Waals surface area contributed by atoms with Gasteiger partial charge in [-0.15, -0.1) is 0 Å². The minimum Gasteiger partial charge on any atom is -0.206 e. The molecule has 0 heterocycles. The van der Waals surface area contributed by atoms with E-state index in [0.717, 1.165) is 24.0 Å². The highest BCUT2D eigenvalue weighted by molar-refractivity contribution is 9.10. The maximum absolute atomic E-state index is 13.1. The van der Waals surface area contributed by atoms with Crippen molar-refractivity contribution in [1.82, 2.24) is 0 Å². The fourth-order valence-electron chi connectivity index (χ4n) is 1.23. The summed E-state index contributed by atoms with van der Waals surface area (Å²) in [6.45, 7) is 4.00. The second-order valence-electron chi connectivity index (χ2n) is 2.96. The van der Waals surface area contributed by atoms with E-state index in [0.29, 0.717) is 4.47 Å².